The van der Waals surface area contributed by atoms with E-state index in [1.54, 1.807) is 36.7 Å². The van der Waals surface area contributed by atoms with Gasteiger partial charge in [-0.2, -0.15) is 0 Å². The second-order valence-electron chi connectivity index (χ2n) is 3.66. The topological polar surface area (TPSA) is 52.1 Å². The second kappa shape index (κ2) is 5.60. The van der Waals surface area contributed by atoms with E-state index < -0.39 is 0 Å². The Morgan fingerprint density at radius 1 is 1.33 bits per heavy atom. The minimum Gasteiger partial charge on any atom is -0.484 e. The van der Waals surface area contributed by atoms with Crippen LogP contribution in [0, 0.1) is 0 Å². The van der Waals surface area contributed by atoms with Gasteiger partial charge in [0.05, 0.1) is 5.02 Å². The van der Waals surface area contributed by atoms with Crippen LogP contribution >= 0.6 is 11.6 Å². The number of halogens is 1. The second-order valence-corrected chi connectivity index (χ2v) is 4.06. The predicted molar refractivity (Wildman–Crippen MR) is 67.8 cm³/mol. The third-order valence-electron chi connectivity index (χ3n) is 2.31. The van der Waals surface area contributed by atoms with Gasteiger partial charge in [0.15, 0.2) is 11.6 Å². The quantitative estimate of drug-likeness (QED) is 0.795. The number of rotatable bonds is 4. The molecule has 0 saturated heterocycles. The first kappa shape index (κ1) is 12.5. The van der Waals surface area contributed by atoms with Crippen LogP contribution in [-0.4, -0.2) is 15.8 Å². The van der Waals surface area contributed by atoms with Gasteiger partial charge >= 0.3 is 0 Å². The summed E-state index contributed by atoms with van der Waals surface area (Å²) in [4.78, 5) is 19.2. The minimum absolute atomic E-state index is 0.0326. The predicted octanol–water partition coefficient (Wildman–Crippen LogP) is 2.91. The molecule has 2 rings (SSSR count). The molecule has 2 aromatic rings. The third kappa shape index (κ3) is 3.05. The van der Waals surface area contributed by atoms with Crippen molar-refractivity contribution in [1.82, 2.24) is 9.97 Å². The Balaban J connectivity index is 2.08. The number of aromatic nitrogens is 2. The number of carbonyl (C=O) groups is 1. The van der Waals surface area contributed by atoms with Gasteiger partial charge < -0.3 is 4.74 Å². The number of nitrogens with zero attached hydrogens (tertiary/aromatic N) is 2. The van der Waals surface area contributed by atoms with Gasteiger partial charge in [-0.25, -0.2) is 9.97 Å². The molecule has 1 heterocycles. The Kier molecular flexibility index (Phi) is 3.89. The number of carbonyl (C=O) groups excluding carboxylic acids is 1. The lowest BCUT2D eigenvalue weighted by molar-refractivity contribution is 0.101. The molecule has 0 atom stereocenters. The van der Waals surface area contributed by atoms with Gasteiger partial charge in [0.2, 0.25) is 0 Å². The number of ketones is 1. The van der Waals surface area contributed by atoms with E-state index in [1.807, 2.05) is 0 Å². The molecule has 0 radical (unpaired) electrons. The first-order chi connectivity index (χ1) is 8.66. The molecule has 1 aromatic heterocycles. The van der Waals surface area contributed by atoms with E-state index >= 15 is 0 Å². The van der Waals surface area contributed by atoms with E-state index in [4.69, 9.17) is 16.3 Å². The summed E-state index contributed by atoms with van der Waals surface area (Å²) in [6.07, 6.45) is 3.29. The molecule has 92 valence electrons. The fourth-order valence-electron chi connectivity index (χ4n) is 1.38. The zero-order valence-corrected chi connectivity index (χ0v) is 10.5. The molecule has 0 fully saturated rings. The fourth-order valence-corrected chi connectivity index (χ4v) is 1.62. The molecule has 1 aromatic carbocycles. The number of ether oxygens (including phenoxy) is 1. The maximum Gasteiger partial charge on any atom is 0.166 e. The molecule has 0 N–H and O–H groups in total. The molecule has 4 nitrogen and oxygen atoms in total. The summed E-state index contributed by atoms with van der Waals surface area (Å²) in [7, 11) is 0. The monoisotopic (exact) mass is 262 g/mol. The van der Waals surface area contributed by atoms with Gasteiger partial charge in [-0.05, 0) is 31.2 Å². The SMILES string of the molecule is CC(=O)c1ccc(OCc2ncccn2)c(Cl)c1. The number of hydrogen-bond acceptors (Lipinski definition) is 4. The van der Waals surface area contributed by atoms with Crippen molar-refractivity contribution >= 4 is 17.4 Å². The van der Waals surface area contributed by atoms with Crippen LogP contribution in [0.2, 0.25) is 5.02 Å². The largest absolute Gasteiger partial charge is 0.484 e. The van der Waals surface area contributed by atoms with Crippen LogP contribution < -0.4 is 4.74 Å². The highest BCUT2D eigenvalue weighted by Gasteiger charge is 2.06. The molecule has 0 aliphatic rings. The first-order valence-electron chi connectivity index (χ1n) is 5.36. The summed E-state index contributed by atoms with van der Waals surface area (Å²) in [5.74, 6) is 1.05. The smallest absolute Gasteiger partial charge is 0.166 e. The Morgan fingerprint density at radius 2 is 2.06 bits per heavy atom. The van der Waals surface area contributed by atoms with Crippen LogP contribution in [0.4, 0.5) is 0 Å². The first-order valence-corrected chi connectivity index (χ1v) is 5.74. The molecule has 5 heteroatoms. The molecule has 18 heavy (non-hydrogen) atoms. The van der Waals surface area contributed by atoms with E-state index in [0.29, 0.717) is 22.2 Å². The lowest BCUT2D eigenvalue weighted by Gasteiger charge is -2.07. The summed E-state index contributed by atoms with van der Waals surface area (Å²) in [6, 6.07) is 6.67. The molecular formula is C13H11ClN2O2. The maximum atomic E-state index is 11.2. The summed E-state index contributed by atoms with van der Waals surface area (Å²) < 4.78 is 5.49. The van der Waals surface area contributed by atoms with Crippen molar-refractivity contribution in [2.45, 2.75) is 13.5 Å². The zero-order chi connectivity index (χ0) is 13.0. The average Bonchev–Trinajstić information content (AvgIpc) is 2.38. The van der Waals surface area contributed by atoms with Crippen molar-refractivity contribution in [3.05, 3.63) is 53.1 Å². The van der Waals surface area contributed by atoms with Gasteiger partial charge in [0.25, 0.3) is 0 Å². The Labute approximate surface area is 110 Å². The number of benzene rings is 1. The number of hydrogen-bond donors (Lipinski definition) is 0. The average molecular weight is 263 g/mol. The van der Waals surface area contributed by atoms with E-state index in [0.717, 1.165) is 0 Å². The standard InChI is InChI=1S/C13H11ClN2O2/c1-9(17)10-3-4-12(11(14)7-10)18-8-13-15-5-2-6-16-13/h2-7H,8H2,1H3. The van der Waals surface area contributed by atoms with Crippen LogP contribution in [0.25, 0.3) is 0 Å². The normalized spacial score (nSPS) is 10.1. The third-order valence-corrected chi connectivity index (χ3v) is 2.61. The van der Waals surface area contributed by atoms with Gasteiger partial charge in [-0.3, -0.25) is 4.79 Å². The molecule has 0 saturated carbocycles. The van der Waals surface area contributed by atoms with Crippen LogP contribution in [0.5, 0.6) is 5.75 Å². The summed E-state index contributed by atoms with van der Waals surface area (Å²) >= 11 is 6.02. The lowest BCUT2D eigenvalue weighted by atomic mass is 10.1. The van der Waals surface area contributed by atoms with Crippen molar-refractivity contribution in [2.75, 3.05) is 0 Å². The highest BCUT2D eigenvalue weighted by Crippen LogP contribution is 2.26. The van der Waals surface area contributed by atoms with E-state index in [9.17, 15) is 4.79 Å². The molecule has 0 amide bonds. The van der Waals surface area contributed by atoms with E-state index in [2.05, 4.69) is 9.97 Å². The fraction of sp³-hybridized carbons (Fsp3) is 0.154. The molecule has 0 aliphatic carbocycles. The van der Waals surface area contributed by atoms with Crippen molar-refractivity contribution in [2.24, 2.45) is 0 Å². The molecule has 0 spiro atoms. The minimum atomic E-state index is -0.0326. The number of Topliss-reactive ketones (excluding diaryl/α,β-unsaturated/α-hetero) is 1. The molecule has 0 aliphatic heterocycles. The summed E-state index contributed by atoms with van der Waals surface area (Å²) in [6.45, 7) is 1.73. The molecule has 0 bridgehead atoms. The van der Waals surface area contributed by atoms with Crippen molar-refractivity contribution in [3.63, 3.8) is 0 Å². The Hall–Kier alpha value is -1.94. The Morgan fingerprint density at radius 3 is 2.67 bits per heavy atom. The summed E-state index contributed by atoms with van der Waals surface area (Å²) in [5.41, 5.74) is 0.559. The van der Waals surface area contributed by atoms with Gasteiger partial charge in [0, 0.05) is 18.0 Å². The van der Waals surface area contributed by atoms with Crippen LogP contribution in [-0.2, 0) is 6.61 Å². The van der Waals surface area contributed by atoms with Gasteiger partial charge in [-0.15, -0.1) is 0 Å². The van der Waals surface area contributed by atoms with Gasteiger partial charge in [0.1, 0.15) is 12.4 Å². The van der Waals surface area contributed by atoms with Crippen molar-refractivity contribution in [1.29, 1.82) is 0 Å². The van der Waals surface area contributed by atoms with Crippen LogP contribution in [0.1, 0.15) is 23.1 Å². The summed E-state index contributed by atoms with van der Waals surface area (Å²) in [5, 5.41) is 0.402. The van der Waals surface area contributed by atoms with E-state index in [-0.39, 0.29) is 12.4 Å². The highest BCUT2D eigenvalue weighted by atomic mass is 35.5. The van der Waals surface area contributed by atoms with E-state index in [1.165, 1.54) is 6.92 Å². The van der Waals surface area contributed by atoms with Crippen molar-refractivity contribution in [3.8, 4) is 5.75 Å². The van der Waals surface area contributed by atoms with Crippen LogP contribution in [0.15, 0.2) is 36.7 Å². The van der Waals surface area contributed by atoms with Crippen LogP contribution in [0.3, 0.4) is 0 Å². The van der Waals surface area contributed by atoms with Crippen molar-refractivity contribution < 1.29 is 9.53 Å². The lowest BCUT2D eigenvalue weighted by Crippen LogP contribution is -2.01. The molecular weight excluding hydrogens is 252 g/mol. The zero-order valence-electron chi connectivity index (χ0n) is 9.76. The highest BCUT2D eigenvalue weighted by molar-refractivity contribution is 6.32. The maximum absolute atomic E-state index is 11.2. The molecule has 0 unspecified atom stereocenters. The van der Waals surface area contributed by atoms with Gasteiger partial charge in [-0.1, -0.05) is 11.6 Å². The Bertz CT molecular complexity index is 558.